The van der Waals surface area contributed by atoms with E-state index in [9.17, 15) is 14.4 Å². The minimum absolute atomic E-state index is 0.302. The van der Waals surface area contributed by atoms with Gasteiger partial charge in [-0.15, -0.1) is 0 Å². The summed E-state index contributed by atoms with van der Waals surface area (Å²) in [4.78, 5) is 42.7. The van der Waals surface area contributed by atoms with Gasteiger partial charge in [-0.2, -0.15) is 11.8 Å². The van der Waals surface area contributed by atoms with Crippen LogP contribution >= 0.6 is 11.8 Å². The Balaban J connectivity index is 2.61. The largest absolute Gasteiger partial charge is 0.444 e. The number of carbonyl (C=O) groups is 3. The van der Waals surface area contributed by atoms with Crippen molar-refractivity contribution >= 4 is 35.4 Å². The van der Waals surface area contributed by atoms with Crippen LogP contribution in [0, 0.1) is 27.7 Å². The Morgan fingerprint density at radius 2 is 1.51 bits per heavy atom. The number of amides is 3. The summed E-state index contributed by atoms with van der Waals surface area (Å²) in [5.74, 6) is 0.0254. The number of ether oxygens (including phenoxy) is 1. The molecule has 0 spiro atoms. The van der Waals surface area contributed by atoms with E-state index in [4.69, 9.17) is 4.74 Å². The van der Waals surface area contributed by atoms with Gasteiger partial charge in [0.2, 0.25) is 5.91 Å². The SMILES string of the molecule is CSCCC(NC(=O)OC(C)(C)C)C(=O)N(C(C)C)C(C(=O)Nc1c(C)cccc1C)c1cccc(C)c1C. The lowest BCUT2D eigenvalue weighted by Crippen LogP contribution is -2.54. The number of thioether (sulfide) groups is 1. The van der Waals surface area contributed by atoms with E-state index in [0.29, 0.717) is 12.2 Å². The van der Waals surface area contributed by atoms with E-state index in [-0.39, 0.29) is 17.9 Å². The summed E-state index contributed by atoms with van der Waals surface area (Å²) in [6, 6.07) is 9.56. The van der Waals surface area contributed by atoms with Crippen LogP contribution in [0.25, 0.3) is 0 Å². The second-order valence-corrected chi connectivity index (χ2v) is 12.3. The monoisotopic (exact) mass is 555 g/mol. The Bertz CT molecular complexity index is 1150. The average molecular weight is 556 g/mol. The maximum absolute atomic E-state index is 14.3. The van der Waals surface area contributed by atoms with E-state index in [1.54, 1.807) is 37.4 Å². The minimum atomic E-state index is -0.909. The molecule has 0 heterocycles. The molecular formula is C31H45N3O4S. The first kappa shape index (κ1) is 32.2. The van der Waals surface area contributed by atoms with Gasteiger partial charge in [0.1, 0.15) is 17.7 Å². The van der Waals surface area contributed by atoms with Crippen LogP contribution < -0.4 is 10.6 Å². The van der Waals surface area contributed by atoms with Crippen molar-refractivity contribution in [3.05, 3.63) is 64.2 Å². The van der Waals surface area contributed by atoms with Crippen molar-refractivity contribution in [1.29, 1.82) is 0 Å². The molecule has 0 saturated heterocycles. The van der Waals surface area contributed by atoms with Crippen LogP contribution in [0.1, 0.15) is 74.9 Å². The third-order valence-corrected chi connectivity index (χ3v) is 7.25. The number of alkyl carbamates (subject to hydrolysis) is 1. The average Bonchev–Trinajstić information content (AvgIpc) is 2.82. The Morgan fingerprint density at radius 3 is 2.05 bits per heavy atom. The van der Waals surface area contributed by atoms with Gasteiger partial charge >= 0.3 is 6.09 Å². The second-order valence-electron chi connectivity index (χ2n) is 11.3. The highest BCUT2D eigenvalue weighted by molar-refractivity contribution is 7.98. The van der Waals surface area contributed by atoms with Gasteiger partial charge in [0.25, 0.3) is 5.91 Å². The van der Waals surface area contributed by atoms with Gasteiger partial charge in [0.05, 0.1) is 0 Å². The van der Waals surface area contributed by atoms with Crippen LogP contribution in [-0.2, 0) is 14.3 Å². The quantitative estimate of drug-likeness (QED) is 0.350. The summed E-state index contributed by atoms with van der Waals surface area (Å²) in [6.45, 7) is 17.0. The van der Waals surface area contributed by atoms with Crippen LogP contribution in [0.2, 0.25) is 0 Å². The molecule has 0 fully saturated rings. The molecule has 7 nitrogen and oxygen atoms in total. The molecule has 0 aliphatic heterocycles. The first-order valence-corrected chi connectivity index (χ1v) is 14.8. The van der Waals surface area contributed by atoms with E-state index in [1.807, 2.05) is 84.2 Å². The minimum Gasteiger partial charge on any atom is -0.444 e. The lowest BCUT2D eigenvalue weighted by Gasteiger charge is -2.38. The van der Waals surface area contributed by atoms with Gasteiger partial charge in [0, 0.05) is 11.7 Å². The Hall–Kier alpha value is -3.00. The summed E-state index contributed by atoms with van der Waals surface area (Å²) in [5, 5.41) is 5.90. The predicted octanol–water partition coefficient (Wildman–Crippen LogP) is 6.48. The highest BCUT2D eigenvalue weighted by atomic mass is 32.2. The standard InChI is InChI=1S/C31H45N3O4S/c1-19(2)34(29(36)25(17-18-39-10)32-30(37)38-31(7,8)9)27(24-16-12-13-20(3)23(24)6)28(35)33-26-21(4)14-11-15-22(26)5/h11-16,19,25,27H,17-18H2,1-10H3,(H,32,37)(H,33,35). The topological polar surface area (TPSA) is 87.7 Å². The van der Waals surface area contributed by atoms with Crippen molar-refractivity contribution in [3.63, 3.8) is 0 Å². The molecule has 2 unspecified atom stereocenters. The molecule has 0 aromatic heterocycles. The summed E-state index contributed by atoms with van der Waals surface area (Å²) in [7, 11) is 0. The lowest BCUT2D eigenvalue weighted by atomic mass is 9.93. The number of aryl methyl sites for hydroxylation is 3. The number of anilines is 1. The number of hydrogen-bond acceptors (Lipinski definition) is 5. The van der Waals surface area contributed by atoms with Crippen LogP contribution in [0.5, 0.6) is 0 Å². The van der Waals surface area contributed by atoms with Crippen LogP contribution in [0.3, 0.4) is 0 Å². The number of nitrogens with zero attached hydrogens (tertiary/aromatic N) is 1. The van der Waals surface area contributed by atoms with E-state index >= 15 is 0 Å². The molecule has 214 valence electrons. The van der Waals surface area contributed by atoms with Crippen molar-refractivity contribution in [3.8, 4) is 0 Å². The van der Waals surface area contributed by atoms with Crippen molar-refractivity contribution < 1.29 is 19.1 Å². The molecule has 2 aromatic rings. The molecule has 0 radical (unpaired) electrons. The molecule has 0 saturated carbocycles. The lowest BCUT2D eigenvalue weighted by molar-refractivity contribution is -0.143. The third-order valence-electron chi connectivity index (χ3n) is 6.61. The first-order valence-electron chi connectivity index (χ1n) is 13.4. The fourth-order valence-corrected chi connectivity index (χ4v) is 4.96. The molecule has 2 rings (SSSR count). The Morgan fingerprint density at radius 1 is 0.949 bits per heavy atom. The molecule has 8 heteroatoms. The third kappa shape index (κ3) is 8.75. The Labute approximate surface area is 238 Å². The molecule has 3 amide bonds. The smallest absolute Gasteiger partial charge is 0.408 e. The maximum Gasteiger partial charge on any atom is 0.408 e. The number of para-hydroxylation sites is 1. The number of benzene rings is 2. The van der Waals surface area contributed by atoms with Crippen molar-refractivity contribution in [1.82, 2.24) is 10.2 Å². The van der Waals surface area contributed by atoms with Crippen LogP contribution in [-0.4, -0.2) is 52.5 Å². The molecule has 2 aromatic carbocycles. The number of rotatable bonds is 10. The highest BCUT2D eigenvalue weighted by Gasteiger charge is 2.38. The molecule has 0 aliphatic rings. The van der Waals surface area contributed by atoms with Gasteiger partial charge in [-0.25, -0.2) is 4.79 Å². The molecule has 0 aliphatic carbocycles. The summed E-state index contributed by atoms with van der Waals surface area (Å²) >= 11 is 1.59. The first-order chi connectivity index (χ1) is 18.2. The summed E-state index contributed by atoms with van der Waals surface area (Å²) in [6.07, 6.45) is 1.70. The van der Waals surface area contributed by atoms with Gasteiger partial charge in [-0.05, 0) is 109 Å². The maximum atomic E-state index is 14.3. The van der Waals surface area contributed by atoms with E-state index in [2.05, 4.69) is 10.6 Å². The summed E-state index contributed by atoms with van der Waals surface area (Å²) < 4.78 is 5.46. The van der Waals surface area contributed by atoms with Gasteiger partial charge < -0.3 is 20.3 Å². The molecule has 2 N–H and O–H groups in total. The molecular weight excluding hydrogens is 510 g/mol. The van der Waals surface area contributed by atoms with Crippen molar-refractivity contribution in [2.24, 2.45) is 0 Å². The van der Waals surface area contributed by atoms with Gasteiger partial charge in [0.15, 0.2) is 0 Å². The fraction of sp³-hybridized carbons (Fsp3) is 0.516. The zero-order valence-corrected chi connectivity index (χ0v) is 25.9. The summed E-state index contributed by atoms with van der Waals surface area (Å²) in [5.41, 5.74) is 4.63. The number of nitrogens with one attached hydrogen (secondary N) is 2. The zero-order chi connectivity index (χ0) is 29.5. The van der Waals surface area contributed by atoms with Crippen LogP contribution in [0.15, 0.2) is 36.4 Å². The second kappa shape index (κ2) is 13.9. The number of hydrogen-bond donors (Lipinski definition) is 2. The van der Waals surface area contributed by atoms with Crippen molar-refractivity contribution in [2.75, 3.05) is 17.3 Å². The zero-order valence-electron chi connectivity index (χ0n) is 25.1. The van der Waals surface area contributed by atoms with Gasteiger partial charge in [-0.1, -0.05) is 36.4 Å². The van der Waals surface area contributed by atoms with Crippen molar-refractivity contribution in [2.45, 2.75) is 92.5 Å². The normalized spacial score (nSPS) is 13.0. The van der Waals surface area contributed by atoms with Gasteiger partial charge in [-0.3, -0.25) is 9.59 Å². The van der Waals surface area contributed by atoms with Crippen LogP contribution in [0.4, 0.5) is 10.5 Å². The molecule has 39 heavy (non-hydrogen) atoms. The number of carbonyl (C=O) groups excluding carboxylic acids is 3. The highest BCUT2D eigenvalue weighted by Crippen LogP contribution is 2.31. The molecule has 2 atom stereocenters. The molecule has 0 bridgehead atoms. The fourth-order valence-electron chi connectivity index (χ4n) is 4.49. The van der Waals surface area contributed by atoms with E-state index in [0.717, 1.165) is 33.5 Å². The Kier molecular flexibility index (Phi) is 11.5. The predicted molar refractivity (Wildman–Crippen MR) is 161 cm³/mol. The van der Waals surface area contributed by atoms with E-state index < -0.39 is 23.8 Å². The van der Waals surface area contributed by atoms with E-state index in [1.165, 1.54) is 0 Å².